The monoisotopic (exact) mass is 184 g/mol. The minimum atomic E-state index is 0.156. The van der Waals surface area contributed by atoms with Crippen LogP contribution in [0, 0.1) is 0 Å². The molecule has 0 unspecified atom stereocenters. The molecular formula is C11H8OSi. The van der Waals surface area contributed by atoms with Crippen LogP contribution < -0.4 is 0 Å². The van der Waals surface area contributed by atoms with Gasteiger partial charge in [-0.25, -0.2) is 0 Å². The van der Waals surface area contributed by atoms with E-state index < -0.39 is 0 Å². The summed E-state index contributed by atoms with van der Waals surface area (Å²) >= 11 is 0. The van der Waals surface area contributed by atoms with Crippen molar-refractivity contribution < 1.29 is 4.79 Å². The highest BCUT2D eigenvalue weighted by atomic mass is 28.2. The van der Waals surface area contributed by atoms with Gasteiger partial charge in [0, 0.05) is 5.56 Å². The number of Topliss-reactive ketones (excluding diaryl/α,β-unsaturated/α-hetero) is 1. The zero-order chi connectivity index (χ0) is 9.10. The Balaban J connectivity index is 2.24. The van der Waals surface area contributed by atoms with Gasteiger partial charge in [-0.05, 0) is 5.20 Å². The van der Waals surface area contributed by atoms with Gasteiger partial charge in [-0.2, -0.15) is 0 Å². The van der Waals surface area contributed by atoms with Crippen LogP contribution in [0.5, 0.6) is 0 Å². The molecule has 1 aromatic rings. The predicted octanol–water partition coefficient (Wildman–Crippen LogP) is 1.98. The SMILES string of the molecule is O=C(C1=CC=C[Si]1)c1ccccc1. The van der Waals surface area contributed by atoms with Crippen LogP contribution in [0.3, 0.4) is 0 Å². The Hall–Kier alpha value is -1.41. The Bertz CT molecular complexity index is 376. The van der Waals surface area contributed by atoms with E-state index in [0.717, 1.165) is 10.8 Å². The molecule has 1 aliphatic rings. The third-order valence-electron chi connectivity index (χ3n) is 1.88. The Labute approximate surface area is 79.6 Å². The summed E-state index contributed by atoms with van der Waals surface area (Å²) in [6, 6.07) is 9.40. The highest BCUT2D eigenvalue weighted by Gasteiger charge is 2.12. The molecule has 2 heteroatoms. The highest BCUT2D eigenvalue weighted by molar-refractivity contribution is 6.61. The van der Waals surface area contributed by atoms with E-state index in [0.29, 0.717) is 9.52 Å². The van der Waals surface area contributed by atoms with Gasteiger partial charge in [0.25, 0.3) is 0 Å². The van der Waals surface area contributed by atoms with Gasteiger partial charge in [0.2, 0.25) is 0 Å². The van der Waals surface area contributed by atoms with E-state index in [1.807, 2.05) is 48.2 Å². The standard InChI is InChI=1S/C11H8OSi/c12-11(10-7-4-8-13-10)9-5-2-1-3-6-9/h1-8H. The molecule has 0 fully saturated rings. The molecular weight excluding hydrogens is 176 g/mol. The average molecular weight is 184 g/mol. The third-order valence-corrected chi connectivity index (χ3v) is 2.94. The van der Waals surface area contributed by atoms with Crippen molar-refractivity contribution in [3.63, 3.8) is 0 Å². The van der Waals surface area contributed by atoms with Gasteiger partial charge in [-0.1, -0.05) is 48.2 Å². The molecule has 13 heavy (non-hydrogen) atoms. The number of allylic oxidation sites excluding steroid dienone is 3. The normalized spacial score (nSPS) is 14.3. The van der Waals surface area contributed by atoms with Crippen molar-refractivity contribution in [1.82, 2.24) is 0 Å². The number of benzene rings is 1. The maximum atomic E-state index is 11.7. The lowest BCUT2D eigenvalue weighted by Gasteiger charge is -1.99. The van der Waals surface area contributed by atoms with Crippen LogP contribution in [-0.2, 0) is 0 Å². The minimum Gasteiger partial charge on any atom is -0.289 e. The fourth-order valence-corrected chi connectivity index (χ4v) is 2.06. The molecule has 0 saturated heterocycles. The summed E-state index contributed by atoms with van der Waals surface area (Å²) < 4.78 is 0. The van der Waals surface area contributed by atoms with Crippen molar-refractivity contribution in [3.8, 4) is 0 Å². The second-order valence-corrected chi connectivity index (χ2v) is 3.94. The first-order valence-corrected chi connectivity index (χ1v) is 5.19. The summed E-state index contributed by atoms with van der Waals surface area (Å²) in [7, 11) is 0.537. The molecule has 1 aliphatic heterocycles. The molecule has 0 spiro atoms. The van der Waals surface area contributed by atoms with E-state index >= 15 is 0 Å². The van der Waals surface area contributed by atoms with Gasteiger partial charge in [-0.3, -0.25) is 4.79 Å². The van der Waals surface area contributed by atoms with Crippen LogP contribution in [-0.4, -0.2) is 15.3 Å². The Morgan fingerprint density at radius 3 is 2.54 bits per heavy atom. The van der Waals surface area contributed by atoms with Gasteiger partial charge in [-0.15, -0.1) is 0 Å². The number of carbonyl (C=O) groups is 1. The van der Waals surface area contributed by atoms with Crippen molar-refractivity contribution in [1.29, 1.82) is 0 Å². The van der Waals surface area contributed by atoms with E-state index in [-0.39, 0.29) is 5.78 Å². The molecule has 2 rings (SSSR count). The number of carbonyl (C=O) groups excluding carboxylic acids is 1. The quantitative estimate of drug-likeness (QED) is 0.507. The lowest BCUT2D eigenvalue weighted by molar-refractivity contribution is 0.104. The lowest BCUT2D eigenvalue weighted by Crippen LogP contribution is -2.05. The molecule has 2 radical (unpaired) electrons. The third kappa shape index (κ3) is 1.68. The van der Waals surface area contributed by atoms with Crippen molar-refractivity contribution in [2.75, 3.05) is 0 Å². The number of hydrogen-bond acceptors (Lipinski definition) is 1. The molecule has 0 atom stereocenters. The molecule has 1 heterocycles. The van der Waals surface area contributed by atoms with Crippen LogP contribution in [0.2, 0.25) is 0 Å². The van der Waals surface area contributed by atoms with Gasteiger partial charge >= 0.3 is 0 Å². The summed E-state index contributed by atoms with van der Waals surface area (Å²) in [5.41, 5.74) is 2.81. The Morgan fingerprint density at radius 2 is 1.92 bits per heavy atom. The van der Waals surface area contributed by atoms with Crippen LogP contribution in [0.25, 0.3) is 0 Å². The Morgan fingerprint density at radius 1 is 1.15 bits per heavy atom. The summed E-state index contributed by atoms with van der Waals surface area (Å²) in [6.45, 7) is 0. The van der Waals surface area contributed by atoms with E-state index in [2.05, 4.69) is 0 Å². The summed E-state index contributed by atoms with van der Waals surface area (Å²) in [5, 5.41) is 0.909. The van der Waals surface area contributed by atoms with Crippen molar-refractivity contribution in [2.45, 2.75) is 0 Å². The van der Waals surface area contributed by atoms with Crippen molar-refractivity contribution in [2.24, 2.45) is 0 Å². The zero-order valence-electron chi connectivity index (χ0n) is 7.03. The maximum Gasteiger partial charge on any atom is 0.184 e. The van der Waals surface area contributed by atoms with Crippen LogP contribution in [0.4, 0.5) is 0 Å². The van der Waals surface area contributed by atoms with Crippen LogP contribution in [0.15, 0.2) is 53.4 Å². The van der Waals surface area contributed by atoms with Gasteiger partial charge < -0.3 is 0 Å². The zero-order valence-corrected chi connectivity index (χ0v) is 8.03. The van der Waals surface area contributed by atoms with Crippen molar-refractivity contribution >= 4 is 15.3 Å². The van der Waals surface area contributed by atoms with E-state index in [1.54, 1.807) is 0 Å². The molecule has 0 bridgehead atoms. The second-order valence-electron chi connectivity index (χ2n) is 2.78. The predicted molar refractivity (Wildman–Crippen MR) is 53.7 cm³/mol. The molecule has 0 aliphatic carbocycles. The molecule has 1 aromatic carbocycles. The minimum absolute atomic E-state index is 0.156. The fourth-order valence-electron chi connectivity index (χ4n) is 1.22. The largest absolute Gasteiger partial charge is 0.289 e. The van der Waals surface area contributed by atoms with Crippen LogP contribution in [0.1, 0.15) is 10.4 Å². The average Bonchev–Trinajstić information content (AvgIpc) is 2.71. The van der Waals surface area contributed by atoms with Gasteiger partial charge in [0.15, 0.2) is 5.78 Å². The molecule has 0 N–H and O–H groups in total. The smallest absolute Gasteiger partial charge is 0.184 e. The molecule has 62 valence electrons. The number of rotatable bonds is 2. The highest BCUT2D eigenvalue weighted by Crippen LogP contribution is 2.10. The molecule has 0 saturated carbocycles. The summed E-state index contributed by atoms with van der Waals surface area (Å²) in [4.78, 5) is 11.7. The van der Waals surface area contributed by atoms with Crippen molar-refractivity contribution in [3.05, 3.63) is 58.9 Å². The van der Waals surface area contributed by atoms with Crippen LogP contribution >= 0.6 is 0 Å². The van der Waals surface area contributed by atoms with E-state index in [4.69, 9.17) is 0 Å². The topological polar surface area (TPSA) is 17.1 Å². The first-order valence-electron chi connectivity index (χ1n) is 4.11. The summed E-state index contributed by atoms with van der Waals surface area (Å²) in [5.74, 6) is 0.156. The number of hydrogen-bond donors (Lipinski definition) is 0. The maximum absolute atomic E-state index is 11.7. The molecule has 0 amide bonds. The lowest BCUT2D eigenvalue weighted by atomic mass is 10.1. The fraction of sp³-hybridized carbons (Fsp3) is 0. The first kappa shape index (κ1) is 8.20. The summed E-state index contributed by atoms with van der Waals surface area (Å²) in [6.07, 6.45) is 3.84. The second kappa shape index (κ2) is 3.54. The van der Waals surface area contributed by atoms with E-state index in [1.165, 1.54) is 0 Å². The number of ketones is 1. The van der Waals surface area contributed by atoms with Gasteiger partial charge in [0.1, 0.15) is 9.52 Å². The first-order chi connectivity index (χ1) is 6.38. The molecule has 0 aromatic heterocycles. The Kier molecular flexibility index (Phi) is 2.23. The molecule has 1 nitrogen and oxygen atoms in total. The van der Waals surface area contributed by atoms with Gasteiger partial charge in [0.05, 0.1) is 0 Å². The van der Waals surface area contributed by atoms with E-state index in [9.17, 15) is 4.79 Å².